The maximum atomic E-state index is 14.1. The Hall–Kier alpha value is -1.69. The van der Waals surface area contributed by atoms with E-state index in [1.807, 2.05) is 0 Å². The van der Waals surface area contributed by atoms with Crippen molar-refractivity contribution in [2.45, 2.75) is 4.83 Å². The zero-order valence-corrected chi connectivity index (χ0v) is 12.9. The third-order valence-corrected chi connectivity index (χ3v) is 4.02. The van der Waals surface area contributed by atoms with Crippen LogP contribution in [0.4, 0.5) is 13.2 Å². The van der Waals surface area contributed by atoms with E-state index < -0.39 is 22.3 Å². The Balaban J connectivity index is 2.53. The Morgan fingerprint density at radius 1 is 0.905 bits per heavy atom. The average molecular weight is 361 g/mol. The first-order valence-electron chi connectivity index (χ1n) is 5.99. The molecule has 0 saturated carbocycles. The van der Waals surface area contributed by atoms with Crippen molar-refractivity contribution in [1.82, 2.24) is 0 Å². The lowest BCUT2D eigenvalue weighted by Crippen LogP contribution is -2.03. The molecule has 112 valence electrons. The van der Waals surface area contributed by atoms with Gasteiger partial charge in [0, 0.05) is 17.2 Å². The van der Waals surface area contributed by atoms with Crippen LogP contribution < -0.4 is 9.47 Å². The Morgan fingerprint density at radius 2 is 1.52 bits per heavy atom. The van der Waals surface area contributed by atoms with Gasteiger partial charge in [-0.2, -0.15) is 0 Å². The van der Waals surface area contributed by atoms with Crippen LogP contribution in [0.5, 0.6) is 11.5 Å². The highest BCUT2D eigenvalue weighted by atomic mass is 79.9. The highest BCUT2D eigenvalue weighted by Crippen LogP contribution is 2.39. The van der Waals surface area contributed by atoms with Crippen LogP contribution in [0, 0.1) is 17.5 Å². The summed E-state index contributed by atoms with van der Waals surface area (Å²) in [6.07, 6.45) is 0. The predicted octanol–water partition coefficient (Wildman–Crippen LogP) is 4.61. The highest BCUT2D eigenvalue weighted by molar-refractivity contribution is 9.09. The molecule has 0 radical (unpaired) electrons. The highest BCUT2D eigenvalue weighted by Gasteiger charge is 2.22. The number of hydrogen-bond acceptors (Lipinski definition) is 2. The standard InChI is InChI=1S/C15H12BrF3O2/c1-20-12-6-9(11(18)7-13(12)21-2)14(16)8-4-3-5-10(17)15(8)19/h3-7,14H,1-2H3. The van der Waals surface area contributed by atoms with Crippen LogP contribution in [0.1, 0.15) is 16.0 Å². The van der Waals surface area contributed by atoms with E-state index in [2.05, 4.69) is 15.9 Å². The van der Waals surface area contributed by atoms with Gasteiger partial charge in [-0.25, -0.2) is 13.2 Å². The van der Waals surface area contributed by atoms with Crippen molar-refractivity contribution in [2.75, 3.05) is 14.2 Å². The van der Waals surface area contributed by atoms with Gasteiger partial charge < -0.3 is 9.47 Å². The van der Waals surface area contributed by atoms with E-state index in [-0.39, 0.29) is 16.9 Å². The molecule has 0 saturated heterocycles. The Labute approximate surface area is 128 Å². The van der Waals surface area contributed by atoms with E-state index in [9.17, 15) is 13.2 Å². The number of benzene rings is 2. The minimum absolute atomic E-state index is 0.00104. The van der Waals surface area contributed by atoms with Crippen LogP contribution in [0.25, 0.3) is 0 Å². The molecule has 0 fully saturated rings. The van der Waals surface area contributed by atoms with Gasteiger partial charge in [0.2, 0.25) is 0 Å². The molecule has 0 aliphatic carbocycles. The molecule has 2 aromatic carbocycles. The summed E-state index contributed by atoms with van der Waals surface area (Å²) in [7, 11) is 2.79. The third-order valence-electron chi connectivity index (χ3n) is 3.03. The van der Waals surface area contributed by atoms with Gasteiger partial charge in [-0.3, -0.25) is 0 Å². The van der Waals surface area contributed by atoms with Crippen molar-refractivity contribution in [2.24, 2.45) is 0 Å². The van der Waals surface area contributed by atoms with Crippen molar-refractivity contribution in [3.8, 4) is 11.5 Å². The van der Waals surface area contributed by atoms with Crippen LogP contribution in [0.15, 0.2) is 30.3 Å². The quantitative estimate of drug-likeness (QED) is 0.741. The largest absolute Gasteiger partial charge is 0.493 e. The van der Waals surface area contributed by atoms with E-state index in [1.165, 1.54) is 32.4 Å². The van der Waals surface area contributed by atoms with Gasteiger partial charge in [0.25, 0.3) is 0 Å². The Morgan fingerprint density at radius 3 is 2.14 bits per heavy atom. The molecule has 0 aliphatic rings. The lowest BCUT2D eigenvalue weighted by atomic mass is 10.0. The SMILES string of the molecule is COc1cc(F)c(C(Br)c2cccc(F)c2F)cc1OC. The number of hydrogen-bond donors (Lipinski definition) is 0. The molecule has 0 bridgehead atoms. The van der Waals surface area contributed by atoms with E-state index in [4.69, 9.17) is 9.47 Å². The van der Waals surface area contributed by atoms with Gasteiger partial charge in [0.05, 0.1) is 19.0 Å². The molecule has 2 rings (SSSR count). The molecule has 1 atom stereocenters. The first-order valence-corrected chi connectivity index (χ1v) is 6.90. The van der Waals surface area contributed by atoms with Gasteiger partial charge in [0.1, 0.15) is 5.82 Å². The van der Waals surface area contributed by atoms with E-state index in [1.54, 1.807) is 0 Å². The number of halogens is 4. The normalized spacial score (nSPS) is 12.1. The summed E-state index contributed by atoms with van der Waals surface area (Å²) in [4.78, 5) is -0.854. The molecule has 0 aromatic heterocycles. The molecular weight excluding hydrogens is 349 g/mol. The summed E-state index contributed by atoms with van der Waals surface area (Å²) in [6.45, 7) is 0. The molecular formula is C15H12BrF3O2. The zero-order valence-electron chi connectivity index (χ0n) is 11.3. The summed E-state index contributed by atoms with van der Waals surface area (Å²) < 4.78 is 51.3. The second-order valence-corrected chi connectivity index (χ2v) is 5.15. The first kappa shape index (κ1) is 15.7. The molecule has 0 N–H and O–H groups in total. The Bertz CT molecular complexity index is 662. The maximum absolute atomic E-state index is 14.1. The summed E-state index contributed by atoms with van der Waals surface area (Å²) in [5.74, 6) is -2.10. The van der Waals surface area contributed by atoms with E-state index in [0.717, 1.165) is 12.1 Å². The van der Waals surface area contributed by atoms with Gasteiger partial charge in [-0.1, -0.05) is 28.1 Å². The summed E-state index contributed by atoms with van der Waals surface area (Å²) in [5, 5.41) is 0. The lowest BCUT2D eigenvalue weighted by Gasteiger charge is -2.16. The molecule has 0 heterocycles. The summed E-state index contributed by atoms with van der Waals surface area (Å²) in [6, 6.07) is 6.27. The van der Waals surface area contributed by atoms with Gasteiger partial charge >= 0.3 is 0 Å². The maximum Gasteiger partial charge on any atom is 0.163 e. The molecule has 21 heavy (non-hydrogen) atoms. The van der Waals surface area contributed by atoms with Crippen LogP contribution >= 0.6 is 15.9 Å². The topological polar surface area (TPSA) is 18.5 Å². The fourth-order valence-electron chi connectivity index (χ4n) is 1.95. The fourth-order valence-corrected chi connectivity index (χ4v) is 2.65. The Kier molecular flexibility index (Phi) is 4.77. The fraction of sp³-hybridized carbons (Fsp3) is 0.200. The van der Waals surface area contributed by atoms with E-state index >= 15 is 0 Å². The summed E-state index contributed by atoms with van der Waals surface area (Å²) in [5.41, 5.74) is 0.123. The second-order valence-electron chi connectivity index (χ2n) is 4.23. The van der Waals surface area contributed by atoms with Gasteiger partial charge in [0.15, 0.2) is 23.1 Å². The van der Waals surface area contributed by atoms with Crippen molar-refractivity contribution >= 4 is 15.9 Å². The molecule has 0 spiro atoms. The van der Waals surface area contributed by atoms with Crippen molar-refractivity contribution < 1.29 is 22.6 Å². The van der Waals surface area contributed by atoms with Crippen molar-refractivity contribution in [1.29, 1.82) is 0 Å². The van der Waals surface area contributed by atoms with Crippen LogP contribution in [-0.2, 0) is 0 Å². The number of methoxy groups -OCH3 is 2. The monoisotopic (exact) mass is 360 g/mol. The number of alkyl halides is 1. The molecule has 0 amide bonds. The first-order chi connectivity index (χ1) is 9.99. The summed E-state index contributed by atoms with van der Waals surface area (Å²) >= 11 is 3.20. The van der Waals surface area contributed by atoms with Crippen LogP contribution in [-0.4, -0.2) is 14.2 Å². The lowest BCUT2D eigenvalue weighted by molar-refractivity contribution is 0.351. The van der Waals surface area contributed by atoms with Crippen LogP contribution in [0.2, 0.25) is 0 Å². The average Bonchev–Trinajstić information content (AvgIpc) is 2.49. The predicted molar refractivity (Wildman–Crippen MR) is 76.6 cm³/mol. The number of rotatable bonds is 4. The van der Waals surface area contributed by atoms with Gasteiger partial charge in [-0.05, 0) is 12.1 Å². The second kappa shape index (κ2) is 6.39. The zero-order chi connectivity index (χ0) is 15.6. The van der Waals surface area contributed by atoms with E-state index in [0.29, 0.717) is 5.75 Å². The molecule has 2 nitrogen and oxygen atoms in total. The third kappa shape index (κ3) is 3.00. The minimum Gasteiger partial charge on any atom is -0.493 e. The van der Waals surface area contributed by atoms with Crippen LogP contribution in [0.3, 0.4) is 0 Å². The molecule has 1 unspecified atom stereocenters. The minimum atomic E-state index is -1.02. The molecule has 6 heteroatoms. The number of ether oxygens (including phenoxy) is 2. The molecule has 2 aromatic rings. The molecule has 0 aliphatic heterocycles. The smallest absolute Gasteiger partial charge is 0.163 e. The van der Waals surface area contributed by atoms with Crippen molar-refractivity contribution in [3.63, 3.8) is 0 Å². The van der Waals surface area contributed by atoms with Gasteiger partial charge in [-0.15, -0.1) is 0 Å². The van der Waals surface area contributed by atoms with Crippen molar-refractivity contribution in [3.05, 3.63) is 58.9 Å².